The lowest BCUT2D eigenvalue weighted by Gasteiger charge is -2.29. The molecular weight excluding hydrogens is 374 g/mol. The van der Waals surface area contributed by atoms with Crippen molar-refractivity contribution in [3.63, 3.8) is 0 Å². The molecule has 0 spiro atoms. The van der Waals surface area contributed by atoms with Crippen molar-refractivity contribution in [3.05, 3.63) is 59.7 Å². The van der Waals surface area contributed by atoms with Crippen molar-refractivity contribution < 1.29 is 9.59 Å². The molecule has 0 bridgehead atoms. The summed E-state index contributed by atoms with van der Waals surface area (Å²) in [5.41, 5.74) is 4.33. The molecule has 2 amide bonds. The Labute approximate surface area is 179 Å². The van der Waals surface area contributed by atoms with Crippen LogP contribution in [0.25, 0.3) is 0 Å². The highest BCUT2D eigenvalue weighted by Gasteiger charge is 2.21. The van der Waals surface area contributed by atoms with Gasteiger partial charge in [0.2, 0.25) is 11.8 Å². The minimum absolute atomic E-state index is 0.0973. The fourth-order valence-electron chi connectivity index (χ4n) is 4.35. The van der Waals surface area contributed by atoms with Crippen LogP contribution in [-0.4, -0.2) is 43.4 Å². The van der Waals surface area contributed by atoms with E-state index in [0.29, 0.717) is 19.4 Å². The minimum atomic E-state index is 0.0973. The first kappa shape index (κ1) is 20.5. The Balaban J connectivity index is 1.30. The van der Waals surface area contributed by atoms with Crippen molar-refractivity contribution in [1.82, 2.24) is 4.90 Å². The molecule has 158 valence electrons. The molecule has 5 heteroatoms. The van der Waals surface area contributed by atoms with Crippen LogP contribution in [0.15, 0.2) is 48.5 Å². The maximum absolute atomic E-state index is 12.7. The van der Waals surface area contributed by atoms with Crippen LogP contribution < -0.4 is 9.80 Å². The summed E-state index contributed by atoms with van der Waals surface area (Å²) >= 11 is 0. The van der Waals surface area contributed by atoms with Crippen molar-refractivity contribution in [2.45, 2.75) is 45.1 Å². The van der Waals surface area contributed by atoms with Crippen molar-refractivity contribution in [1.29, 1.82) is 0 Å². The largest absolute Gasteiger partial charge is 0.372 e. The molecule has 0 saturated carbocycles. The quantitative estimate of drug-likeness (QED) is 0.730. The zero-order chi connectivity index (χ0) is 20.9. The van der Waals surface area contributed by atoms with Gasteiger partial charge in [-0.15, -0.1) is 0 Å². The Morgan fingerprint density at radius 2 is 1.47 bits per heavy atom. The van der Waals surface area contributed by atoms with Gasteiger partial charge in [-0.1, -0.05) is 24.3 Å². The summed E-state index contributed by atoms with van der Waals surface area (Å²) in [6.45, 7) is 3.68. The van der Waals surface area contributed by atoms with E-state index in [0.717, 1.165) is 42.9 Å². The normalized spacial score (nSPS) is 16.8. The molecule has 2 fully saturated rings. The molecule has 5 nitrogen and oxygen atoms in total. The number of piperidine rings is 1. The first-order chi connectivity index (χ1) is 14.6. The second-order valence-electron chi connectivity index (χ2n) is 8.46. The molecule has 2 aromatic carbocycles. The van der Waals surface area contributed by atoms with Gasteiger partial charge in [-0.3, -0.25) is 9.59 Å². The molecule has 2 aromatic rings. The number of carbonyl (C=O) groups excluding carboxylic acids is 2. The molecule has 2 saturated heterocycles. The van der Waals surface area contributed by atoms with Gasteiger partial charge in [0.15, 0.2) is 0 Å². The molecule has 2 aliphatic heterocycles. The fraction of sp³-hybridized carbons (Fsp3) is 0.440. The summed E-state index contributed by atoms with van der Waals surface area (Å²) in [6, 6.07) is 16.4. The van der Waals surface area contributed by atoms with Gasteiger partial charge in [-0.25, -0.2) is 0 Å². The van der Waals surface area contributed by atoms with E-state index in [2.05, 4.69) is 29.2 Å². The van der Waals surface area contributed by atoms with E-state index in [1.165, 1.54) is 24.9 Å². The Morgan fingerprint density at radius 3 is 2.10 bits per heavy atom. The van der Waals surface area contributed by atoms with Crippen LogP contribution in [0.2, 0.25) is 0 Å². The van der Waals surface area contributed by atoms with Crippen LogP contribution in [0.5, 0.6) is 0 Å². The Hall–Kier alpha value is -2.82. The average molecular weight is 406 g/mol. The van der Waals surface area contributed by atoms with Gasteiger partial charge in [-0.05, 0) is 61.1 Å². The molecule has 0 radical (unpaired) electrons. The van der Waals surface area contributed by atoms with Crippen molar-refractivity contribution in [2.24, 2.45) is 0 Å². The molecule has 30 heavy (non-hydrogen) atoms. The molecule has 2 aliphatic rings. The summed E-state index contributed by atoms with van der Waals surface area (Å²) in [5, 5.41) is 0. The van der Waals surface area contributed by atoms with Gasteiger partial charge in [0.25, 0.3) is 0 Å². The van der Waals surface area contributed by atoms with E-state index in [-0.39, 0.29) is 11.8 Å². The summed E-state index contributed by atoms with van der Waals surface area (Å²) in [5.74, 6) is 0.282. The van der Waals surface area contributed by atoms with Gasteiger partial charge in [0.05, 0.1) is 6.42 Å². The number of benzene rings is 2. The molecule has 0 atom stereocenters. The van der Waals surface area contributed by atoms with E-state index in [4.69, 9.17) is 0 Å². The highest BCUT2D eigenvalue weighted by molar-refractivity contribution is 5.95. The number of amides is 2. The summed E-state index contributed by atoms with van der Waals surface area (Å²) in [6.07, 6.45) is 5.80. The van der Waals surface area contributed by atoms with Crippen LogP contribution in [0.3, 0.4) is 0 Å². The van der Waals surface area contributed by atoms with Gasteiger partial charge in [0, 0.05) is 51.0 Å². The number of hydrogen-bond donors (Lipinski definition) is 0. The number of nitrogens with zero attached hydrogens (tertiary/aromatic N) is 3. The molecule has 4 rings (SSSR count). The van der Waals surface area contributed by atoms with Crippen molar-refractivity contribution >= 4 is 23.2 Å². The third-order valence-corrected chi connectivity index (χ3v) is 6.18. The maximum atomic E-state index is 12.7. The molecule has 0 aromatic heterocycles. The molecule has 0 N–H and O–H groups in total. The monoisotopic (exact) mass is 405 g/mol. The lowest BCUT2D eigenvalue weighted by atomic mass is 10.1. The third kappa shape index (κ3) is 4.84. The lowest BCUT2D eigenvalue weighted by molar-refractivity contribution is -0.129. The van der Waals surface area contributed by atoms with Crippen LogP contribution in [0, 0.1) is 0 Å². The molecule has 0 unspecified atom stereocenters. The first-order valence-electron chi connectivity index (χ1n) is 11.1. The number of hydrogen-bond acceptors (Lipinski definition) is 3. The smallest absolute Gasteiger partial charge is 0.227 e. The van der Waals surface area contributed by atoms with Gasteiger partial charge in [-0.2, -0.15) is 0 Å². The Bertz CT molecular complexity index is 870. The number of carbonyl (C=O) groups is 2. The van der Waals surface area contributed by atoms with Crippen LogP contribution in [0.1, 0.15) is 43.2 Å². The molecule has 2 heterocycles. The van der Waals surface area contributed by atoms with Crippen LogP contribution in [0.4, 0.5) is 11.4 Å². The van der Waals surface area contributed by atoms with E-state index >= 15 is 0 Å². The Kier molecular flexibility index (Phi) is 6.36. The average Bonchev–Trinajstić information content (AvgIpc) is 3.21. The first-order valence-corrected chi connectivity index (χ1v) is 11.1. The van der Waals surface area contributed by atoms with Crippen molar-refractivity contribution in [2.75, 3.05) is 36.5 Å². The van der Waals surface area contributed by atoms with Gasteiger partial charge >= 0.3 is 0 Å². The van der Waals surface area contributed by atoms with Gasteiger partial charge < -0.3 is 14.7 Å². The molecule has 0 aliphatic carbocycles. The Morgan fingerprint density at radius 1 is 0.833 bits per heavy atom. The van der Waals surface area contributed by atoms with E-state index in [1.807, 2.05) is 36.2 Å². The second-order valence-corrected chi connectivity index (χ2v) is 8.46. The van der Waals surface area contributed by atoms with E-state index in [1.54, 1.807) is 4.90 Å². The summed E-state index contributed by atoms with van der Waals surface area (Å²) in [4.78, 5) is 30.6. The van der Waals surface area contributed by atoms with Crippen molar-refractivity contribution in [3.8, 4) is 0 Å². The summed E-state index contributed by atoms with van der Waals surface area (Å²) < 4.78 is 0. The number of likely N-dealkylation sites (N-methyl/N-ethyl adjacent to an activating group) is 1. The highest BCUT2D eigenvalue weighted by atomic mass is 16.2. The summed E-state index contributed by atoms with van der Waals surface area (Å²) in [7, 11) is 1.86. The van der Waals surface area contributed by atoms with E-state index in [9.17, 15) is 9.59 Å². The zero-order valence-electron chi connectivity index (χ0n) is 17.8. The highest BCUT2D eigenvalue weighted by Crippen LogP contribution is 2.23. The van der Waals surface area contributed by atoms with Crippen LogP contribution >= 0.6 is 0 Å². The maximum Gasteiger partial charge on any atom is 0.227 e. The topological polar surface area (TPSA) is 43.9 Å². The SMILES string of the molecule is CN(Cc1ccc(N2CCCCC2)cc1)C(=O)Cc1ccc(N2CCCC2=O)cc1. The van der Waals surface area contributed by atoms with Crippen LogP contribution in [-0.2, 0) is 22.6 Å². The zero-order valence-corrected chi connectivity index (χ0v) is 17.8. The fourth-order valence-corrected chi connectivity index (χ4v) is 4.35. The third-order valence-electron chi connectivity index (χ3n) is 6.18. The van der Waals surface area contributed by atoms with Gasteiger partial charge in [0.1, 0.15) is 0 Å². The lowest BCUT2D eigenvalue weighted by Crippen LogP contribution is -2.29. The predicted molar refractivity (Wildman–Crippen MR) is 121 cm³/mol. The predicted octanol–water partition coefficient (Wildman–Crippen LogP) is 4.00. The standard InChI is InChI=1S/C25H31N3O2/c1-26(19-21-9-11-22(12-10-21)27-15-3-2-4-16-27)25(30)18-20-7-13-23(14-8-20)28-17-5-6-24(28)29/h7-14H,2-6,15-19H2,1H3. The molecular formula is C25H31N3O2. The van der Waals surface area contributed by atoms with E-state index < -0.39 is 0 Å². The number of anilines is 2. The second kappa shape index (κ2) is 9.33. The number of rotatable bonds is 6. The minimum Gasteiger partial charge on any atom is -0.372 e.